The zero-order valence-corrected chi connectivity index (χ0v) is 18.5. The van der Waals surface area contributed by atoms with Crippen molar-refractivity contribution in [1.82, 2.24) is 19.5 Å². The van der Waals surface area contributed by atoms with E-state index in [1.165, 1.54) is 9.15 Å². The molecule has 0 atom stereocenters. The molecule has 0 aliphatic carbocycles. The first kappa shape index (κ1) is 21.5. The van der Waals surface area contributed by atoms with Gasteiger partial charge in [0.1, 0.15) is 23.4 Å². The Bertz CT molecular complexity index is 1140. The molecule has 2 heterocycles. The van der Waals surface area contributed by atoms with Crippen molar-refractivity contribution >= 4 is 21.1 Å². The summed E-state index contributed by atoms with van der Waals surface area (Å²) in [6.07, 6.45) is 0.639. The molecule has 0 amide bonds. The van der Waals surface area contributed by atoms with Gasteiger partial charge in [-0.05, 0) is 60.5 Å². The van der Waals surface area contributed by atoms with Gasteiger partial charge in [-0.25, -0.2) is 8.42 Å². The Morgan fingerprint density at radius 2 is 1.77 bits per heavy atom. The SMILES string of the molecule is Cc1cc(C)cc(OCCCOn2nnc3ccc(S(=O)(=O)N4CCOCC4)cc32)c1. The molecule has 10 heteroatoms. The van der Waals surface area contributed by atoms with Crippen LogP contribution < -0.4 is 9.57 Å². The van der Waals surface area contributed by atoms with Crippen LogP contribution in [-0.4, -0.2) is 67.4 Å². The quantitative estimate of drug-likeness (QED) is 0.488. The molecule has 166 valence electrons. The topological polar surface area (TPSA) is 95.8 Å². The van der Waals surface area contributed by atoms with Crippen molar-refractivity contribution in [3.05, 3.63) is 47.5 Å². The van der Waals surface area contributed by atoms with Crippen molar-refractivity contribution in [1.29, 1.82) is 0 Å². The summed E-state index contributed by atoms with van der Waals surface area (Å²) in [6, 6.07) is 10.8. The first-order valence-electron chi connectivity index (χ1n) is 10.2. The van der Waals surface area contributed by atoms with Gasteiger partial charge in [0, 0.05) is 19.5 Å². The molecule has 9 nitrogen and oxygen atoms in total. The summed E-state index contributed by atoms with van der Waals surface area (Å²) in [7, 11) is -3.61. The largest absolute Gasteiger partial charge is 0.493 e. The van der Waals surface area contributed by atoms with Crippen LogP contribution in [0.4, 0.5) is 0 Å². The van der Waals surface area contributed by atoms with Crippen molar-refractivity contribution < 1.29 is 22.7 Å². The molecule has 1 aliphatic rings. The van der Waals surface area contributed by atoms with Gasteiger partial charge in [0.05, 0.1) is 24.7 Å². The molecule has 0 spiro atoms. The number of aromatic nitrogens is 3. The lowest BCUT2D eigenvalue weighted by Crippen LogP contribution is -2.40. The van der Waals surface area contributed by atoms with Crippen LogP contribution >= 0.6 is 0 Å². The number of aryl methyl sites for hydroxylation is 2. The molecule has 1 saturated heterocycles. The van der Waals surface area contributed by atoms with E-state index in [1.807, 2.05) is 26.0 Å². The molecule has 0 N–H and O–H groups in total. The zero-order valence-electron chi connectivity index (χ0n) is 17.7. The fourth-order valence-corrected chi connectivity index (χ4v) is 4.91. The van der Waals surface area contributed by atoms with E-state index in [0.29, 0.717) is 57.0 Å². The van der Waals surface area contributed by atoms with Crippen LogP contribution in [0.25, 0.3) is 11.0 Å². The van der Waals surface area contributed by atoms with Crippen molar-refractivity contribution in [2.75, 3.05) is 39.5 Å². The average molecular weight is 447 g/mol. The lowest BCUT2D eigenvalue weighted by atomic mass is 10.1. The lowest BCUT2D eigenvalue weighted by molar-refractivity contribution is 0.0730. The highest BCUT2D eigenvalue weighted by molar-refractivity contribution is 7.89. The third kappa shape index (κ3) is 4.97. The van der Waals surface area contributed by atoms with Gasteiger partial charge in [-0.2, -0.15) is 4.31 Å². The Balaban J connectivity index is 1.38. The summed E-state index contributed by atoms with van der Waals surface area (Å²) in [5.41, 5.74) is 3.38. The van der Waals surface area contributed by atoms with Crippen LogP contribution in [0.2, 0.25) is 0 Å². The number of benzene rings is 2. The molecule has 0 unspecified atom stereocenters. The molecule has 1 fully saturated rings. The second-order valence-electron chi connectivity index (χ2n) is 7.49. The maximum Gasteiger partial charge on any atom is 0.243 e. The van der Waals surface area contributed by atoms with Gasteiger partial charge < -0.3 is 14.3 Å². The molecule has 4 rings (SSSR count). The Morgan fingerprint density at radius 3 is 2.52 bits per heavy atom. The Labute approximate surface area is 181 Å². The second kappa shape index (κ2) is 9.21. The number of morpholine rings is 1. The van der Waals surface area contributed by atoms with Crippen LogP contribution in [0.5, 0.6) is 5.75 Å². The number of ether oxygens (including phenoxy) is 2. The highest BCUT2D eigenvalue weighted by atomic mass is 32.2. The van der Waals surface area contributed by atoms with E-state index in [1.54, 1.807) is 18.2 Å². The number of hydrogen-bond donors (Lipinski definition) is 0. The first-order valence-corrected chi connectivity index (χ1v) is 11.7. The van der Waals surface area contributed by atoms with Crippen LogP contribution in [0.1, 0.15) is 17.5 Å². The normalized spacial score (nSPS) is 15.3. The van der Waals surface area contributed by atoms with Gasteiger partial charge in [0.25, 0.3) is 0 Å². The lowest BCUT2D eigenvalue weighted by Gasteiger charge is -2.26. The zero-order chi connectivity index (χ0) is 21.8. The standard InChI is InChI=1S/C21H26N4O5S/c1-16-12-17(2)14-18(13-16)29-8-3-9-30-25-21-15-19(4-5-20(21)22-23-25)31(26,27)24-6-10-28-11-7-24/h4-5,12-15H,3,6-11H2,1-2H3. The van der Waals surface area contributed by atoms with Gasteiger partial charge in [0.15, 0.2) is 0 Å². The van der Waals surface area contributed by atoms with Crippen LogP contribution in [-0.2, 0) is 14.8 Å². The van der Waals surface area contributed by atoms with Crippen molar-refractivity contribution in [2.24, 2.45) is 0 Å². The minimum absolute atomic E-state index is 0.187. The minimum atomic E-state index is -3.61. The van der Waals surface area contributed by atoms with Gasteiger partial charge >= 0.3 is 0 Å². The predicted octanol–water partition coefficient (Wildman–Crippen LogP) is 1.97. The van der Waals surface area contributed by atoms with E-state index < -0.39 is 10.0 Å². The second-order valence-corrected chi connectivity index (χ2v) is 9.43. The third-order valence-electron chi connectivity index (χ3n) is 4.96. The third-order valence-corrected chi connectivity index (χ3v) is 6.86. The monoisotopic (exact) mass is 446 g/mol. The smallest absolute Gasteiger partial charge is 0.243 e. The number of sulfonamides is 1. The summed E-state index contributed by atoms with van der Waals surface area (Å²) in [6.45, 7) is 6.39. The summed E-state index contributed by atoms with van der Waals surface area (Å²) in [5.74, 6) is 0.835. The molecule has 1 aliphatic heterocycles. The minimum Gasteiger partial charge on any atom is -0.493 e. The molecule has 0 radical (unpaired) electrons. The van der Waals surface area contributed by atoms with Crippen LogP contribution in [0.3, 0.4) is 0 Å². The summed E-state index contributed by atoms with van der Waals surface area (Å²) >= 11 is 0. The molecule has 1 aromatic heterocycles. The number of hydrogen-bond acceptors (Lipinski definition) is 7. The van der Waals surface area contributed by atoms with Crippen molar-refractivity contribution in [2.45, 2.75) is 25.2 Å². The summed E-state index contributed by atoms with van der Waals surface area (Å²) in [4.78, 5) is 7.15. The Morgan fingerprint density at radius 1 is 1.03 bits per heavy atom. The summed E-state index contributed by atoms with van der Waals surface area (Å²) < 4.78 is 38.3. The van der Waals surface area contributed by atoms with E-state index in [2.05, 4.69) is 16.4 Å². The predicted molar refractivity (Wildman–Crippen MR) is 115 cm³/mol. The molecular formula is C21H26N4O5S. The maximum absolute atomic E-state index is 12.9. The average Bonchev–Trinajstić information content (AvgIpc) is 3.16. The van der Waals surface area contributed by atoms with E-state index in [-0.39, 0.29) is 4.90 Å². The maximum atomic E-state index is 12.9. The summed E-state index contributed by atoms with van der Waals surface area (Å²) in [5, 5.41) is 8.03. The highest BCUT2D eigenvalue weighted by Crippen LogP contribution is 2.21. The van der Waals surface area contributed by atoms with Crippen molar-refractivity contribution in [3.8, 4) is 5.75 Å². The van der Waals surface area contributed by atoms with E-state index in [0.717, 1.165) is 16.9 Å². The molecule has 0 bridgehead atoms. The number of rotatable bonds is 8. The van der Waals surface area contributed by atoms with Gasteiger partial charge in [-0.15, -0.1) is 5.10 Å². The Hall–Kier alpha value is -2.69. The van der Waals surface area contributed by atoms with Gasteiger partial charge in [-0.1, -0.05) is 10.9 Å². The van der Waals surface area contributed by atoms with Crippen LogP contribution in [0.15, 0.2) is 41.3 Å². The Kier molecular flexibility index (Phi) is 6.40. The first-order chi connectivity index (χ1) is 14.9. The van der Waals surface area contributed by atoms with Crippen LogP contribution in [0, 0.1) is 13.8 Å². The molecular weight excluding hydrogens is 420 g/mol. The highest BCUT2D eigenvalue weighted by Gasteiger charge is 2.27. The number of fused-ring (bicyclic) bond motifs is 1. The number of nitrogens with zero attached hydrogens (tertiary/aromatic N) is 4. The van der Waals surface area contributed by atoms with E-state index >= 15 is 0 Å². The van der Waals surface area contributed by atoms with E-state index in [9.17, 15) is 8.42 Å². The van der Waals surface area contributed by atoms with Crippen molar-refractivity contribution in [3.63, 3.8) is 0 Å². The fraction of sp³-hybridized carbons (Fsp3) is 0.429. The van der Waals surface area contributed by atoms with Gasteiger partial charge in [-0.3, -0.25) is 0 Å². The molecule has 3 aromatic rings. The molecule has 0 saturated carbocycles. The molecule has 31 heavy (non-hydrogen) atoms. The van der Waals surface area contributed by atoms with E-state index in [4.69, 9.17) is 14.3 Å². The fourth-order valence-electron chi connectivity index (χ4n) is 3.49. The van der Waals surface area contributed by atoms with Gasteiger partial charge in [0.2, 0.25) is 10.0 Å². The molecule has 2 aromatic carbocycles.